The summed E-state index contributed by atoms with van der Waals surface area (Å²) in [6.07, 6.45) is -0.424. The number of aliphatic carboxylic acids is 1. The normalized spacial score (nSPS) is 15.9. The number of carbonyl (C=O) groups excluding carboxylic acids is 2. The van der Waals surface area contributed by atoms with E-state index >= 15 is 0 Å². The molecule has 3 rings (SSSR count). The first-order valence-electron chi connectivity index (χ1n) is 11.4. The first-order valence-corrected chi connectivity index (χ1v) is 11.4. The highest BCUT2D eigenvalue weighted by molar-refractivity contribution is 5.94. The summed E-state index contributed by atoms with van der Waals surface area (Å²) in [4.78, 5) is 37.7. The Morgan fingerprint density at radius 2 is 1.50 bits per heavy atom. The second kappa shape index (κ2) is 10.3. The highest BCUT2D eigenvalue weighted by Crippen LogP contribution is 2.44. The van der Waals surface area contributed by atoms with Gasteiger partial charge in [0.25, 0.3) is 0 Å². The van der Waals surface area contributed by atoms with Crippen LogP contribution in [0.2, 0.25) is 0 Å². The summed E-state index contributed by atoms with van der Waals surface area (Å²) in [7, 11) is 1.41. The van der Waals surface area contributed by atoms with E-state index in [9.17, 15) is 19.5 Å². The summed E-state index contributed by atoms with van der Waals surface area (Å²) < 4.78 is 10.8. The van der Waals surface area contributed by atoms with Gasteiger partial charge in [0.05, 0.1) is 6.61 Å². The van der Waals surface area contributed by atoms with Crippen LogP contribution in [0.15, 0.2) is 48.5 Å². The largest absolute Gasteiger partial charge is 0.480 e. The highest BCUT2D eigenvalue weighted by atomic mass is 16.5. The van der Waals surface area contributed by atoms with E-state index < -0.39 is 29.0 Å². The molecule has 34 heavy (non-hydrogen) atoms. The van der Waals surface area contributed by atoms with Crippen molar-refractivity contribution >= 4 is 18.0 Å². The number of carboxylic acids is 1. The van der Waals surface area contributed by atoms with E-state index in [0.717, 1.165) is 22.3 Å². The van der Waals surface area contributed by atoms with Crippen LogP contribution >= 0.6 is 0 Å². The number of ether oxygens (including phenoxy) is 2. The van der Waals surface area contributed by atoms with Crippen molar-refractivity contribution in [1.82, 2.24) is 10.6 Å². The summed E-state index contributed by atoms with van der Waals surface area (Å²) in [6.45, 7) is 4.76. The van der Waals surface area contributed by atoms with Crippen LogP contribution in [-0.2, 0) is 19.1 Å². The summed E-state index contributed by atoms with van der Waals surface area (Å²) in [5.74, 6) is -1.93. The van der Waals surface area contributed by atoms with Gasteiger partial charge in [0, 0.05) is 13.0 Å². The van der Waals surface area contributed by atoms with Gasteiger partial charge >= 0.3 is 12.1 Å². The standard InChI is InChI=1S/C26H32N2O6/c1-5-25(3,23(30)31)27-22(29)26(6-2,16-33-4)28-24(32)34-15-21-19-13-9-7-11-17(19)18-12-8-10-14-20(18)21/h7-14,21H,5-6,15-16H2,1-4H3,(H,27,29)(H,28,32)(H,30,31). The molecule has 0 spiro atoms. The number of rotatable bonds is 10. The summed E-state index contributed by atoms with van der Waals surface area (Å²) in [6, 6.07) is 16.0. The molecule has 8 heteroatoms. The maximum Gasteiger partial charge on any atom is 0.408 e. The van der Waals surface area contributed by atoms with Crippen LogP contribution in [0.4, 0.5) is 4.79 Å². The number of nitrogens with one attached hydrogen (secondary N) is 2. The molecule has 2 atom stereocenters. The van der Waals surface area contributed by atoms with Crippen molar-refractivity contribution in [2.24, 2.45) is 0 Å². The van der Waals surface area contributed by atoms with Gasteiger partial charge in [0.1, 0.15) is 17.7 Å². The van der Waals surface area contributed by atoms with Crippen molar-refractivity contribution in [3.8, 4) is 11.1 Å². The Morgan fingerprint density at radius 3 is 1.97 bits per heavy atom. The Morgan fingerprint density at radius 1 is 0.941 bits per heavy atom. The monoisotopic (exact) mass is 468 g/mol. The minimum Gasteiger partial charge on any atom is -0.480 e. The Hall–Kier alpha value is -3.39. The number of fused-ring (bicyclic) bond motifs is 3. The van der Waals surface area contributed by atoms with E-state index in [2.05, 4.69) is 10.6 Å². The third-order valence-electron chi connectivity index (χ3n) is 6.68. The molecule has 0 radical (unpaired) electrons. The number of methoxy groups -OCH3 is 1. The predicted octanol–water partition coefficient (Wildman–Crippen LogP) is 3.69. The SMILES string of the molecule is CCC(C)(NC(=O)C(CC)(COC)NC(=O)OCC1c2ccccc2-c2ccccc21)C(=O)O. The minimum atomic E-state index is -1.48. The van der Waals surface area contributed by atoms with Crippen molar-refractivity contribution in [2.75, 3.05) is 20.3 Å². The van der Waals surface area contributed by atoms with E-state index in [-0.39, 0.29) is 32.0 Å². The van der Waals surface area contributed by atoms with E-state index in [1.54, 1.807) is 13.8 Å². The molecule has 2 unspecified atom stereocenters. The van der Waals surface area contributed by atoms with Crippen LogP contribution in [0.1, 0.15) is 50.7 Å². The van der Waals surface area contributed by atoms with Crippen LogP contribution in [0.25, 0.3) is 11.1 Å². The average Bonchev–Trinajstić information content (AvgIpc) is 3.15. The van der Waals surface area contributed by atoms with Crippen LogP contribution in [0.3, 0.4) is 0 Å². The van der Waals surface area contributed by atoms with Crippen molar-refractivity contribution in [2.45, 2.75) is 50.6 Å². The predicted molar refractivity (Wildman–Crippen MR) is 128 cm³/mol. The number of carbonyl (C=O) groups is 3. The maximum atomic E-state index is 13.2. The molecule has 3 N–H and O–H groups in total. The quantitative estimate of drug-likeness (QED) is 0.490. The highest BCUT2D eigenvalue weighted by Gasteiger charge is 2.44. The molecule has 0 fully saturated rings. The average molecular weight is 469 g/mol. The zero-order chi connectivity index (χ0) is 24.9. The van der Waals surface area contributed by atoms with E-state index in [1.165, 1.54) is 14.0 Å². The zero-order valence-electron chi connectivity index (χ0n) is 20.0. The van der Waals surface area contributed by atoms with Gasteiger partial charge in [-0.15, -0.1) is 0 Å². The number of carboxylic acid groups (broad SMARTS) is 1. The number of hydrogen-bond donors (Lipinski definition) is 3. The fourth-order valence-corrected chi connectivity index (χ4v) is 4.25. The lowest BCUT2D eigenvalue weighted by Crippen LogP contribution is -2.66. The third kappa shape index (κ3) is 4.77. The molecule has 8 nitrogen and oxygen atoms in total. The lowest BCUT2D eigenvalue weighted by Gasteiger charge is -2.35. The molecule has 0 bridgehead atoms. The van der Waals surface area contributed by atoms with Crippen LogP contribution in [-0.4, -0.2) is 54.5 Å². The van der Waals surface area contributed by atoms with E-state index in [0.29, 0.717) is 0 Å². The summed E-state index contributed by atoms with van der Waals surface area (Å²) >= 11 is 0. The van der Waals surface area contributed by atoms with Gasteiger partial charge in [-0.3, -0.25) is 4.79 Å². The molecule has 182 valence electrons. The summed E-state index contributed by atoms with van der Waals surface area (Å²) in [5.41, 5.74) is 1.42. The molecule has 1 aliphatic rings. The number of amides is 2. The van der Waals surface area contributed by atoms with Crippen molar-refractivity contribution in [1.29, 1.82) is 0 Å². The molecule has 0 heterocycles. The van der Waals surface area contributed by atoms with Crippen molar-refractivity contribution in [3.05, 3.63) is 59.7 Å². The molecule has 0 aromatic heterocycles. The summed E-state index contributed by atoms with van der Waals surface area (Å²) in [5, 5.41) is 14.7. The lowest BCUT2D eigenvalue weighted by molar-refractivity contribution is -0.148. The number of hydrogen-bond acceptors (Lipinski definition) is 5. The van der Waals surface area contributed by atoms with Gasteiger partial charge in [-0.05, 0) is 42.0 Å². The van der Waals surface area contributed by atoms with Crippen molar-refractivity contribution in [3.63, 3.8) is 0 Å². The Labute approximate surface area is 199 Å². The topological polar surface area (TPSA) is 114 Å². The Bertz CT molecular complexity index is 1030. The van der Waals surface area contributed by atoms with Crippen LogP contribution in [0.5, 0.6) is 0 Å². The van der Waals surface area contributed by atoms with Gasteiger partial charge < -0.3 is 25.2 Å². The van der Waals surface area contributed by atoms with Crippen LogP contribution in [0, 0.1) is 0 Å². The Balaban J connectivity index is 1.76. The molecular weight excluding hydrogens is 436 g/mol. The van der Waals surface area contributed by atoms with Gasteiger partial charge in [0.2, 0.25) is 5.91 Å². The molecular formula is C26H32N2O6. The first-order chi connectivity index (χ1) is 16.2. The minimum absolute atomic E-state index is 0.0933. The number of benzene rings is 2. The van der Waals surface area contributed by atoms with Gasteiger partial charge in [-0.2, -0.15) is 0 Å². The first kappa shape index (κ1) is 25.2. The third-order valence-corrected chi connectivity index (χ3v) is 6.68. The molecule has 2 aromatic rings. The Kier molecular flexibility index (Phi) is 7.61. The maximum absolute atomic E-state index is 13.2. The smallest absolute Gasteiger partial charge is 0.408 e. The molecule has 0 saturated carbocycles. The van der Waals surface area contributed by atoms with E-state index in [1.807, 2.05) is 48.5 Å². The second-order valence-electron chi connectivity index (χ2n) is 8.76. The molecule has 2 aromatic carbocycles. The van der Waals surface area contributed by atoms with Crippen LogP contribution < -0.4 is 10.6 Å². The fraction of sp³-hybridized carbons (Fsp3) is 0.423. The molecule has 0 aliphatic heterocycles. The second-order valence-corrected chi connectivity index (χ2v) is 8.76. The molecule has 2 amide bonds. The fourth-order valence-electron chi connectivity index (χ4n) is 4.25. The number of alkyl carbamates (subject to hydrolysis) is 1. The lowest BCUT2D eigenvalue weighted by atomic mass is 9.92. The van der Waals surface area contributed by atoms with Gasteiger partial charge in [0.15, 0.2) is 0 Å². The van der Waals surface area contributed by atoms with Gasteiger partial charge in [-0.1, -0.05) is 62.4 Å². The molecule has 0 saturated heterocycles. The van der Waals surface area contributed by atoms with E-state index in [4.69, 9.17) is 9.47 Å². The van der Waals surface area contributed by atoms with Gasteiger partial charge in [-0.25, -0.2) is 9.59 Å². The van der Waals surface area contributed by atoms with Crippen molar-refractivity contribution < 1.29 is 29.0 Å². The zero-order valence-corrected chi connectivity index (χ0v) is 20.0. The molecule has 1 aliphatic carbocycles.